The lowest BCUT2D eigenvalue weighted by atomic mass is 9.96. The molecule has 6 heteroatoms. The third kappa shape index (κ3) is 4.62. The lowest BCUT2D eigenvalue weighted by Crippen LogP contribution is -2.53. The molecule has 6 nitrogen and oxygen atoms in total. The van der Waals surface area contributed by atoms with Crippen LogP contribution in [0, 0.1) is 0 Å². The molecule has 1 aromatic carbocycles. The largest absolute Gasteiger partial charge is 0.493 e. The van der Waals surface area contributed by atoms with Gasteiger partial charge in [-0.3, -0.25) is 9.78 Å². The lowest BCUT2D eigenvalue weighted by molar-refractivity contribution is -0.137. The SMILES string of the molecule is COc1ccc(CCN(Cc2ccncc2)C(=O)C2(N)CCCC2)cc1OC. The molecule has 3 rings (SSSR count). The summed E-state index contributed by atoms with van der Waals surface area (Å²) in [5.41, 5.74) is 7.88. The lowest BCUT2D eigenvalue weighted by Gasteiger charge is -2.32. The van der Waals surface area contributed by atoms with E-state index in [2.05, 4.69) is 4.98 Å². The average molecular weight is 383 g/mol. The zero-order valence-electron chi connectivity index (χ0n) is 16.7. The van der Waals surface area contributed by atoms with Gasteiger partial charge in [-0.2, -0.15) is 0 Å². The first-order valence-corrected chi connectivity index (χ1v) is 9.74. The Bertz CT molecular complexity index is 789. The van der Waals surface area contributed by atoms with Crippen LogP contribution in [-0.2, 0) is 17.8 Å². The molecule has 0 aliphatic heterocycles. The van der Waals surface area contributed by atoms with Gasteiger partial charge in [-0.05, 0) is 54.7 Å². The van der Waals surface area contributed by atoms with Crippen LogP contribution in [0.2, 0.25) is 0 Å². The number of carbonyl (C=O) groups is 1. The van der Waals surface area contributed by atoms with Gasteiger partial charge in [0.15, 0.2) is 11.5 Å². The molecule has 0 saturated heterocycles. The maximum atomic E-state index is 13.3. The third-order valence-electron chi connectivity index (χ3n) is 5.45. The number of nitrogens with two attached hydrogens (primary N) is 1. The predicted molar refractivity (Wildman–Crippen MR) is 108 cm³/mol. The molecule has 0 unspecified atom stereocenters. The van der Waals surface area contributed by atoms with E-state index in [4.69, 9.17) is 15.2 Å². The Balaban J connectivity index is 1.76. The Morgan fingerprint density at radius 2 is 1.75 bits per heavy atom. The number of rotatable bonds is 8. The van der Waals surface area contributed by atoms with Gasteiger partial charge in [0.2, 0.25) is 5.91 Å². The Labute approximate surface area is 166 Å². The Hall–Kier alpha value is -2.60. The van der Waals surface area contributed by atoms with Gasteiger partial charge in [0, 0.05) is 25.5 Å². The zero-order valence-corrected chi connectivity index (χ0v) is 16.7. The molecule has 1 saturated carbocycles. The van der Waals surface area contributed by atoms with Crippen LogP contribution in [0.1, 0.15) is 36.8 Å². The zero-order chi connectivity index (χ0) is 20.0. The van der Waals surface area contributed by atoms with Crippen molar-refractivity contribution >= 4 is 5.91 Å². The van der Waals surface area contributed by atoms with E-state index in [0.29, 0.717) is 31.0 Å². The number of aromatic nitrogens is 1. The molecule has 28 heavy (non-hydrogen) atoms. The molecule has 1 fully saturated rings. The maximum Gasteiger partial charge on any atom is 0.242 e. The minimum Gasteiger partial charge on any atom is -0.493 e. The van der Waals surface area contributed by atoms with Crippen LogP contribution in [0.4, 0.5) is 0 Å². The highest BCUT2D eigenvalue weighted by Gasteiger charge is 2.39. The molecule has 0 atom stereocenters. The summed E-state index contributed by atoms with van der Waals surface area (Å²) < 4.78 is 10.7. The van der Waals surface area contributed by atoms with Crippen LogP contribution < -0.4 is 15.2 Å². The van der Waals surface area contributed by atoms with Gasteiger partial charge in [0.25, 0.3) is 0 Å². The number of carbonyl (C=O) groups excluding carboxylic acids is 1. The fourth-order valence-electron chi connectivity index (χ4n) is 3.80. The van der Waals surface area contributed by atoms with E-state index >= 15 is 0 Å². The van der Waals surface area contributed by atoms with Gasteiger partial charge < -0.3 is 20.1 Å². The number of hydrogen-bond donors (Lipinski definition) is 1. The standard InChI is InChI=1S/C22H29N3O3/c1-27-19-6-5-17(15-20(19)28-2)9-14-25(16-18-7-12-24-13-8-18)21(26)22(23)10-3-4-11-22/h5-8,12-13,15H,3-4,9-11,14,16,23H2,1-2H3. The highest BCUT2D eigenvalue weighted by Crippen LogP contribution is 2.30. The molecule has 0 bridgehead atoms. The van der Waals surface area contributed by atoms with Gasteiger partial charge >= 0.3 is 0 Å². The second kappa shape index (κ2) is 9.06. The molecule has 0 radical (unpaired) electrons. The summed E-state index contributed by atoms with van der Waals surface area (Å²) >= 11 is 0. The molecule has 2 aromatic rings. The number of ether oxygens (including phenoxy) is 2. The van der Waals surface area contributed by atoms with Crippen LogP contribution in [-0.4, -0.2) is 42.1 Å². The van der Waals surface area contributed by atoms with Crippen molar-refractivity contribution < 1.29 is 14.3 Å². The van der Waals surface area contributed by atoms with E-state index < -0.39 is 5.54 Å². The number of benzene rings is 1. The van der Waals surface area contributed by atoms with Crippen molar-refractivity contribution in [3.05, 3.63) is 53.9 Å². The summed E-state index contributed by atoms with van der Waals surface area (Å²) in [7, 11) is 3.24. The highest BCUT2D eigenvalue weighted by molar-refractivity contribution is 5.86. The maximum absolute atomic E-state index is 13.3. The van der Waals surface area contributed by atoms with Gasteiger partial charge in [0.05, 0.1) is 19.8 Å². The topological polar surface area (TPSA) is 77.7 Å². The van der Waals surface area contributed by atoms with E-state index in [9.17, 15) is 4.79 Å². The van der Waals surface area contributed by atoms with Gasteiger partial charge in [-0.1, -0.05) is 18.9 Å². The minimum absolute atomic E-state index is 0.0438. The van der Waals surface area contributed by atoms with Crippen LogP contribution in [0.25, 0.3) is 0 Å². The first kappa shape index (κ1) is 20.1. The quantitative estimate of drug-likeness (QED) is 0.758. The van der Waals surface area contributed by atoms with E-state index in [-0.39, 0.29) is 5.91 Å². The van der Waals surface area contributed by atoms with Gasteiger partial charge in [-0.15, -0.1) is 0 Å². The molecule has 1 aliphatic rings. The molecular weight excluding hydrogens is 354 g/mol. The molecule has 1 amide bonds. The fourth-order valence-corrected chi connectivity index (χ4v) is 3.80. The predicted octanol–water partition coefficient (Wildman–Crippen LogP) is 2.94. The summed E-state index contributed by atoms with van der Waals surface area (Å²) in [5, 5.41) is 0. The summed E-state index contributed by atoms with van der Waals surface area (Å²) in [6.45, 7) is 1.13. The van der Waals surface area contributed by atoms with E-state index in [0.717, 1.165) is 36.8 Å². The van der Waals surface area contributed by atoms with Crippen molar-refractivity contribution in [3.8, 4) is 11.5 Å². The number of amides is 1. The Morgan fingerprint density at radius 3 is 2.39 bits per heavy atom. The summed E-state index contributed by atoms with van der Waals surface area (Å²) in [6.07, 6.45) is 7.76. The average Bonchev–Trinajstić information content (AvgIpc) is 3.18. The van der Waals surface area contributed by atoms with Crippen LogP contribution in [0.3, 0.4) is 0 Å². The second-order valence-corrected chi connectivity index (χ2v) is 7.38. The van der Waals surface area contributed by atoms with Crippen molar-refractivity contribution in [2.75, 3.05) is 20.8 Å². The smallest absolute Gasteiger partial charge is 0.242 e. The molecular formula is C22H29N3O3. The van der Waals surface area contributed by atoms with Gasteiger partial charge in [-0.25, -0.2) is 0 Å². The van der Waals surface area contributed by atoms with Crippen LogP contribution in [0.5, 0.6) is 11.5 Å². The molecule has 2 N–H and O–H groups in total. The molecule has 1 aliphatic carbocycles. The van der Waals surface area contributed by atoms with Crippen LogP contribution >= 0.6 is 0 Å². The van der Waals surface area contributed by atoms with Crippen molar-refractivity contribution in [1.82, 2.24) is 9.88 Å². The Kier molecular flexibility index (Phi) is 6.52. The van der Waals surface area contributed by atoms with Crippen LogP contribution in [0.15, 0.2) is 42.7 Å². The normalized spacial score (nSPS) is 15.2. The van der Waals surface area contributed by atoms with Crippen molar-refractivity contribution in [3.63, 3.8) is 0 Å². The number of pyridine rings is 1. The Morgan fingerprint density at radius 1 is 1.07 bits per heavy atom. The van der Waals surface area contributed by atoms with Crippen molar-refractivity contribution in [2.24, 2.45) is 5.73 Å². The van der Waals surface area contributed by atoms with Crippen molar-refractivity contribution in [2.45, 2.75) is 44.2 Å². The van der Waals surface area contributed by atoms with Gasteiger partial charge in [0.1, 0.15) is 0 Å². The fraction of sp³-hybridized carbons (Fsp3) is 0.455. The summed E-state index contributed by atoms with van der Waals surface area (Å²) in [6, 6.07) is 9.74. The van der Waals surface area contributed by atoms with E-state index in [1.54, 1.807) is 26.6 Å². The number of hydrogen-bond acceptors (Lipinski definition) is 5. The molecule has 0 spiro atoms. The highest BCUT2D eigenvalue weighted by atomic mass is 16.5. The minimum atomic E-state index is -0.732. The number of methoxy groups -OCH3 is 2. The third-order valence-corrected chi connectivity index (χ3v) is 5.45. The monoisotopic (exact) mass is 383 g/mol. The van der Waals surface area contributed by atoms with E-state index in [1.165, 1.54) is 0 Å². The molecule has 1 heterocycles. The molecule has 150 valence electrons. The first-order chi connectivity index (χ1) is 13.6. The first-order valence-electron chi connectivity index (χ1n) is 9.74. The van der Waals surface area contributed by atoms with E-state index in [1.807, 2.05) is 35.2 Å². The summed E-state index contributed by atoms with van der Waals surface area (Å²) in [4.78, 5) is 19.2. The summed E-state index contributed by atoms with van der Waals surface area (Å²) in [5.74, 6) is 1.43. The van der Waals surface area contributed by atoms with Crippen molar-refractivity contribution in [1.29, 1.82) is 0 Å². The number of nitrogens with zero attached hydrogens (tertiary/aromatic N) is 2. The molecule has 1 aromatic heterocycles. The second-order valence-electron chi connectivity index (χ2n) is 7.38.